The van der Waals surface area contributed by atoms with Gasteiger partial charge in [0.15, 0.2) is 0 Å². The Morgan fingerprint density at radius 2 is 1.90 bits per heavy atom. The highest BCUT2D eigenvalue weighted by Gasteiger charge is 2.59. The van der Waals surface area contributed by atoms with Crippen LogP contribution in [0.1, 0.15) is 85.5 Å². The van der Waals surface area contributed by atoms with E-state index in [2.05, 4.69) is 32.9 Å². The van der Waals surface area contributed by atoms with E-state index in [1.807, 2.05) is 0 Å². The fourth-order valence-electron chi connectivity index (χ4n) is 8.52. The highest BCUT2D eigenvalue weighted by Crippen LogP contribution is 2.66. The summed E-state index contributed by atoms with van der Waals surface area (Å²) in [7, 11) is 1.49. The summed E-state index contributed by atoms with van der Waals surface area (Å²) >= 11 is 0. The van der Waals surface area contributed by atoms with Gasteiger partial charge in [-0.15, -0.1) is 0 Å². The summed E-state index contributed by atoms with van der Waals surface area (Å²) in [4.78, 5) is 23.1. The number of methoxy groups -OCH3 is 1. The smallest absolute Gasteiger partial charge is 0.305 e. The second-order valence-corrected chi connectivity index (χ2v) is 11.6. The Bertz CT molecular complexity index is 729. The standard InChI is InChI=1S/C27H42O4/c1-17(6-11-25(29)30-5)22-9-10-23-21-8-7-19-16-20(31-18(2)28)12-14-26(19,3)24(21)13-15-27(22,23)4/h13,15,17,19-24H,6-12,14,16H2,1-5H3/t17-,19-,20-,21+,22-,23+,24+,26-,27-/m0/s1. The first-order valence-electron chi connectivity index (χ1n) is 12.6. The summed E-state index contributed by atoms with van der Waals surface area (Å²) in [6.07, 6.45) is 15.2. The zero-order valence-electron chi connectivity index (χ0n) is 20.2. The van der Waals surface area contributed by atoms with Gasteiger partial charge in [0, 0.05) is 13.3 Å². The highest BCUT2D eigenvalue weighted by molar-refractivity contribution is 5.69. The van der Waals surface area contributed by atoms with Crippen LogP contribution < -0.4 is 0 Å². The van der Waals surface area contributed by atoms with Crippen LogP contribution in [0.25, 0.3) is 0 Å². The van der Waals surface area contributed by atoms with E-state index in [0.717, 1.165) is 31.1 Å². The molecule has 4 heteroatoms. The number of rotatable bonds is 5. The number of allylic oxidation sites excluding steroid dienone is 2. The molecule has 0 bridgehead atoms. The van der Waals surface area contributed by atoms with Crippen molar-refractivity contribution < 1.29 is 19.1 Å². The van der Waals surface area contributed by atoms with Crippen LogP contribution in [-0.4, -0.2) is 25.2 Å². The lowest BCUT2D eigenvalue weighted by Crippen LogP contribution is -2.52. The number of hydrogen-bond donors (Lipinski definition) is 0. The lowest BCUT2D eigenvalue weighted by molar-refractivity contribution is -0.154. The molecule has 3 fully saturated rings. The first-order chi connectivity index (χ1) is 14.7. The fourth-order valence-corrected chi connectivity index (χ4v) is 8.52. The van der Waals surface area contributed by atoms with E-state index in [4.69, 9.17) is 9.47 Å². The molecule has 0 heterocycles. The van der Waals surface area contributed by atoms with Gasteiger partial charge in [0.25, 0.3) is 0 Å². The van der Waals surface area contributed by atoms with E-state index in [1.165, 1.54) is 46.1 Å². The molecule has 0 unspecified atom stereocenters. The van der Waals surface area contributed by atoms with Crippen LogP contribution >= 0.6 is 0 Å². The van der Waals surface area contributed by atoms with Crippen molar-refractivity contribution in [1.29, 1.82) is 0 Å². The van der Waals surface area contributed by atoms with Gasteiger partial charge in [-0.05, 0) is 97.7 Å². The molecule has 0 saturated heterocycles. The summed E-state index contributed by atoms with van der Waals surface area (Å²) in [5, 5.41) is 0. The Balaban J connectivity index is 1.50. The lowest BCUT2D eigenvalue weighted by atomic mass is 9.46. The Morgan fingerprint density at radius 1 is 1.13 bits per heavy atom. The summed E-state index contributed by atoms with van der Waals surface area (Å²) in [6.45, 7) is 8.91. The molecule has 0 amide bonds. The average molecular weight is 431 g/mol. The molecule has 9 atom stereocenters. The number of carbonyl (C=O) groups is 2. The molecule has 0 spiro atoms. The Morgan fingerprint density at radius 3 is 2.61 bits per heavy atom. The predicted molar refractivity (Wildman–Crippen MR) is 121 cm³/mol. The molecule has 4 aliphatic carbocycles. The maximum atomic E-state index is 11.7. The number of esters is 2. The van der Waals surface area contributed by atoms with Crippen molar-refractivity contribution in [1.82, 2.24) is 0 Å². The quantitative estimate of drug-likeness (QED) is 0.400. The second kappa shape index (κ2) is 8.56. The van der Waals surface area contributed by atoms with E-state index >= 15 is 0 Å². The van der Waals surface area contributed by atoms with Gasteiger partial charge in [0.2, 0.25) is 0 Å². The van der Waals surface area contributed by atoms with Gasteiger partial charge < -0.3 is 9.47 Å². The Kier molecular flexibility index (Phi) is 6.31. The number of carbonyl (C=O) groups excluding carboxylic acids is 2. The summed E-state index contributed by atoms with van der Waals surface area (Å²) < 4.78 is 10.5. The molecule has 174 valence electrons. The van der Waals surface area contributed by atoms with Crippen LogP contribution in [0.3, 0.4) is 0 Å². The van der Waals surface area contributed by atoms with Crippen LogP contribution in [0.4, 0.5) is 0 Å². The molecule has 4 rings (SSSR count). The number of hydrogen-bond acceptors (Lipinski definition) is 4. The van der Waals surface area contributed by atoms with Crippen molar-refractivity contribution in [2.75, 3.05) is 7.11 Å². The topological polar surface area (TPSA) is 52.6 Å². The number of fused-ring (bicyclic) bond motifs is 5. The van der Waals surface area contributed by atoms with Crippen LogP contribution in [0.2, 0.25) is 0 Å². The van der Waals surface area contributed by atoms with Crippen LogP contribution in [0, 0.1) is 46.3 Å². The van der Waals surface area contributed by atoms with Gasteiger partial charge >= 0.3 is 11.9 Å². The van der Waals surface area contributed by atoms with Gasteiger partial charge in [0.05, 0.1) is 7.11 Å². The third-order valence-corrected chi connectivity index (χ3v) is 10.2. The minimum absolute atomic E-state index is 0.0820. The normalized spacial score (nSPS) is 44.5. The number of ether oxygens (including phenoxy) is 2. The molecular formula is C27H42O4. The molecule has 0 aromatic heterocycles. The SMILES string of the molecule is COC(=O)CC[C@H](C)[C@@H]1CC[C@@H]2[C@H]3CC[C@H]4C[C@@H](OC(C)=O)CC[C@]4(C)[C@@H]3C=C[C@]21C. The van der Waals surface area contributed by atoms with E-state index in [-0.39, 0.29) is 23.5 Å². The molecule has 31 heavy (non-hydrogen) atoms. The van der Waals surface area contributed by atoms with Crippen LogP contribution in [0.15, 0.2) is 12.2 Å². The maximum Gasteiger partial charge on any atom is 0.305 e. The first kappa shape index (κ1) is 22.9. The van der Waals surface area contributed by atoms with Gasteiger partial charge in [-0.2, -0.15) is 0 Å². The van der Waals surface area contributed by atoms with Crippen molar-refractivity contribution in [3.8, 4) is 0 Å². The lowest BCUT2D eigenvalue weighted by Gasteiger charge is -2.59. The van der Waals surface area contributed by atoms with Gasteiger partial charge in [-0.3, -0.25) is 9.59 Å². The molecule has 4 nitrogen and oxygen atoms in total. The third-order valence-electron chi connectivity index (χ3n) is 10.2. The van der Waals surface area contributed by atoms with Gasteiger partial charge in [-0.1, -0.05) is 32.9 Å². The molecule has 4 aliphatic rings. The minimum atomic E-state index is -0.131. The molecule has 0 aromatic rings. The predicted octanol–water partition coefficient (Wildman–Crippen LogP) is 5.94. The fraction of sp³-hybridized carbons (Fsp3) is 0.852. The summed E-state index contributed by atoms with van der Waals surface area (Å²) in [5.74, 6) is 3.85. The van der Waals surface area contributed by atoms with Gasteiger partial charge in [-0.25, -0.2) is 0 Å². The van der Waals surface area contributed by atoms with E-state index in [0.29, 0.717) is 35.5 Å². The monoisotopic (exact) mass is 430 g/mol. The van der Waals surface area contributed by atoms with Gasteiger partial charge in [0.1, 0.15) is 6.10 Å². The van der Waals surface area contributed by atoms with Crippen LogP contribution in [0.5, 0.6) is 0 Å². The zero-order chi connectivity index (χ0) is 22.4. The van der Waals surface area contributed by atoms with Crippen molar-refractivity contribution in [2.24, 2.45) is 46.3 Å². The van der Waals surface area contributed by atoms with Crippen molar-refractivity contribution >= 4 is 11.9 Å². The molecule has 0 radical (unpaired) electrons. The first-order valence-corrected chi connectivity index (χ1v) is 12.6. The maximum absolute atomic E-state index is 11.7. The van der Waals surface area contributed by atoms with E-state index < -0.39 is 0 Å². The Labute approximate surface area is 188 Å². The van der Waals surface area contributed by atoms with E-state index in [9.17, 15) is 9.59 Å². The third kappa shape index (κ3) is 3.97. The zero-order valence-corrected chi connectivity index (χ0v) is 20.2. The van der Waals surface area contributed by atoms with Crippen molar-refractivity contribution in [3.05, 3.63) is 12.2 Å². The average Bonchev–Trinajstić information content (AvgIpc) is 3.09. The molecule has 3 saturated carbocycles. The summed E-state index contributed by atoms with van der Waals surface area (Å²) in [5.41, 5.74) is 0.598. The largest absolute Gasteiger partial charge is 0.469 e. The van der Waals surface area contributed by atoms with Crippen LogP contribution in [-0.2, 0) is 19.1 Å². The molecular weight excluding hydrogens is 388 g/mol. The minimum Gasteiger partial charge on any atom is -0.469 e. The molecule has 0 aromatic carbocycles. The Hall–Kier alpha value is -1.32. The second-order valence-electron chi connectivity index (χ2n) is 11.6. The van der Waals surface area contributed by atoms with Crippen molar-refractivity contribution in [2.45, 2.75) is 91.6 Å². The molecule has 0 aliphatic heterocycles. The van der Waals surface area contributed by atoms with E-state index in [1.54, 1.807) is 0 Å². The highest BCUT2D eigenvalue weighted by atomic mass is 16.5. The summed E-state index contributed by atoms with van der Waals surface area (Å²) in [6, 6.07) is 0. The molecule has 0 N–H and O–H groups in total. The van der Waals surface area contributed by atoms with Crippen molar-refractivity contribution in [3.63, 3.8) is 0 Å².